The Morgan fingerprint density at radius 1 is 1.10 bits per heavy atom. The van der Waals surface area contributed by atoms with Gasteiger partial charge in [-0.3, -0.25) is 0 Å². The first-order chi connectivity index (χ1) is 9.81. The Balaban J connectivity index is 1.89. The van der Waals surface area contributed by atoms with Crippen molar-refractivity contribution in [1.82, 2.24) is 19.8 Å². The fraction of sp³-hybridized carbons (Fsp3) is 0. The highest BCUT2D eigenvalue weighted by atomic mass is 32.1. The summed E-state index contributed by atoms with van der Waals surface area (Å²) < 4.78 is 15.0. The van der Waals surface area contributed by atoms with Gasteiger partial charge in [-0.15, -0.1) is 21.5 Å². The normalized spacial score (nSPS) is 11.2. The van der Waals surface area contributed by atoms with Gasteiger partial charge in [0.25, 0.3) is 0 Å². The average molecular weight is 302 g/mol. The maximum Gasteiger partial charge on any atom is 0.235 e. The summed E-state index contributed by atoms with van der Waals surface area (Å²) in [6, 6.07) is 10.3. The van der Waals surface area contributed by atoms with Crippen LogP contribution in [0.15, 0.2) is 41.8 Å². The van der Waals surface area contributed by atoms with Crippen LogP contribution in [-0.4, -0.2) is 19.8 Å². The molecule has 0 aliphatic rings. The third kappa shape index (κ3) is 1.83. The van der Waals surface area contributed by atoms with Gasteiger partial charge in [-0.1, -0.05) is 29.5 Å². The van der Waals surface area contributed by atoms with Gasteiger partial charge in [-0.25, -0.2) is 4.39 Å². The lowest BCUT2D eigenvalue weighted by molar-refractivity contribution is 0.628. The molecule has 3 heterocycles. The Hall–Kier alpha value is -2.12. The van der Waals surface area contributed by atoms with Crippen molar-refractivity contribution in [2.24, 2.45) is 0 Å². The maximum absolute atomic E-state index is 13.3. The summed E-state index contributed by atoms with van der Waals surface area (Å²) in [6.07, 6.45) is 0. The van der Waals surface area contributed by atoms with E-state index in [1.165, 1.54) is 23.5 Å². The fourth-order valence-corrected chi connectivity index (χ4v) is 3.56. The molecule has 4 rings (SSSR count). The Labute approximate surface area is 121 Å². The van der Waals surface area contributed by atoms with Gasteiger partial charge >= 0.3 is 0 Å². The maximum atomic E-state index is 13.3. The number of thiophene rings is 1. The van der Waals surface area contributed by atoms with Crippen LogP contribution < -0.4 is 0 Å². The molecule has 0 fully saturated rings. The van der Waals surface area contributed by atoms with E-state index in [4.69, 9.17) is 0 Å². The number of nitrogens with zero attached hydrogens (tertiary/aromatic N) is 4. The summed E-state index contributed by atoms with van der Waals surface area (Å²) in [6.45, 7) is 0. The first-order valence-corrected chi connectivity index (χ1v) is 7.53. The lowest BCUT2D eigenvalue weighted by atomic mass is 10.2. The molecule has 98 valence electrons. The third-order valence-electron chi connectivity index (χ3n) is 2.81. The highest BCUT2D eigenvalue weighted by molar-refractivity contribution is 7.23. The molecule has 0 atom stereocenters. The highest BCUT2D eigenvalue weighted by Crippen LogP contribution is 2.30. The smallest absolute Gasteiger partial charge is 0.207 e. The molecule has 0 aliphatic carbocycles. The minimum absolute atomic E-state index is 0.298. The van der Waals surface area contributed by atoms with Crippen LogP contribution in [0, 0.1) is 5.82 Å². The number of aromatic nitrogens is 4. The number of hydrogen-bond donors (Lipinski definition) is 0. The summed E-state index contributed by atoms with van der Waals surface area (Å²) in [5.41, 5.74) is 0.667. The predicted octanol–water partition coefficient (Wildman–Crippen LogP) is 3.72. The molecular weight excluding hydrogens is 295 g/mol. The zero-order valence-electron chi connectivity index (χ0n) is 10.0. The van der Waals surface area contributed by atoms with Crippen LogP contribution in [0.4, 0.5) is 4.39 Å². The predicted molar refractivity (Wildman–Crippen MR) is 77.4 cm³/mol. The van der Waals surface area contributed by atoms with Gasteiger partial charge in [0.1, 0.15) is 5.82 Å². The lowest BCUT2D eigenvalue weighted by Crippen LogP contribution is -1.91. The van der Waals surface area contributed by atoms with Crippen molar-refractivity contribution in [1.29, 1.82) is 0 Å². The van der Waals surface area contributed by atoms with E-state index in [1.807, 2.05) is 17.5 Å². The standard InChI is InChI=1S/C13H7FN4S2/c14-9-4-1-3-8(7-9)11-15-16-13-18(11)17-12(20-13)10-5-2-6-19-10/h1-7H. The minimum atomic E-state index is -0.298. The SMILES string of the molecule is Fc1cccc(-c2nnc3sc(-c4cccs4)nn23)c1. The Morgan fingerprint density at radius 3 is 2.85 bits per heavy atom. The summed E-state index contributed by atoms with van der Waals surface area (Å²) in [5.74, 6) is 0.256. The second kappa shape index (κ2) is 4.46. The molecule has 0 aliphatic heterocycles. The first kappa shape index (κ1) is 11.7. The molecule has 1 aromatic carbocycles. The lowest BCUT2D eigenvalue weighted by Gasteiger charge is -1.96. The van der Waals surface area contributed by atoms with E-state index < -0.39 is 0 Å². The third-order valence-corrected chi connectivity index (χ3v) is 4.74. The fourth-order valence-electron chi connectivity index (χ4n) is 1.92. The molecule has 0 N–H and O–H groups in total. The Bertz CT molecular complexity index is 879. The van der Waals surface area contributed by atoms with E-state index >= 15 is 0 Å². The zero-order chi connectivity index (χ0) is 13.5. The van der Waals surface area contributed by atoms with Gasteiger partial charge in [0, 0.05) is 5.56 Å². The zero-order valence-corrected chi connectivity index (χ0v) is 11.7. The quantitative estimate of drug-likeness (QED) is 0.567. The number of fused-ring (bicyclic) bond motifs is 1. The molecule has 0 saturated heterocycles. The van der Waals surface area contributed by atoms with E-state index in [0.29, 0.717) is 16.3 Å². The van der Waals surface area contributed by atoms with Gasteiger partial charge in [-0.2, -0.15) is 9.61 Å². The number of benzene rings is 1. The van der Waals surface area contributed by atoms with Crippen molar-refractivity contribution in [3.63, 3.8) is 0 Å². The largest absolute Gasteiger partial charge is 0.235 e. The van der Waals surface area contributed by atoms with Crippen molar-refractivity contribution in [2.45, 2.75) is 0 Å². The van der Waals surface area contributed by atoms with Crippen LogP contribution >= 0.6 is 22.7 Å². The number of hydrogen-bond acceptors (Lipinski definition) is 5. The second-order valence-corrected chi connectivity index (χ2v) is 6.02. The molecule has 0 bridgehead atoms. The van der Waals surface area contributed by atoms with E-state index in [0.717, 1.165) is 9.88 Å². The van der Waals surface area contributed by atoms with Gasteiger partial charge < -0.3 is 0 Å². The summed E-state index contributed by atoms with van der Waals surface area (Å²) in [7, 11) is 0. The van der Waals surface area contributed by atoms with Crippen LogP contribution in [0.3, 0.4) is 0 Å². The number of rotatable bonds is 2. The molecule has 0 unspecified atom stereocenters. The average Bonchev–Trinajstić information content (AvgIpc) is 3.14. The van der Waals surface area contributed by atoms with Crippen LogP contribution in [0.25, 0.3) is 26.2 Å². The molecule has 20 heavy (non-hydrogen) atoms. The second-order valence-electron chi connectivity index (χ2n) is 4.11. The van der Waals surface area contributed by atoms with E-state index in [9.17, 15) is 4.39 Å². The van der Waals surface area contributed by atoms with E-state index in [-0.39, 0.29) is 5.82 Å². The van der Waals surface area contributed by atoms with Crippen LogP contribution in [-0.2, 0) is 0 Å². The molecular formula is C13H7FN4S2. The van der Waals surface area contributed by atoms with Crippen molar-refractivity contribution < 1.29 is 4.39 Å². The molecule has 0 spiro atoms. The molecule has 0 saturated carbocycles. The summed E-state index contributed by atoms with van der Waals surface area (Å²) in [5, 5.41) is 15.6. The van der Waals surface area contributed by atoms with Crippen LogP contribution in [0.2, 0.25) is 0 Å². The molecule has 0 amide bonds. The van der Waals surface area contributed by atoms with Gasteiger partial charge in [-0.05, 0) is 23.6 Å². The summed E-state index contributed by atoms with van der Waals surface area (Å²) >= 11 is 3.09. The molecule has 4 aromatic rings. The number of halogens is 1. The van der Waals surface area contributed by atoms with Gasteiger partial charge in [0.05, 0.1) is 4.88 Å². The Kier molecular flexibility index (Phi) is 2.61. The Morgan fingerprint density at radius 2 is 2.05 bits per heavy atom. The van der Waals surface area contributed by atoms with Crippen molar-refractivity contribution in [3.05, 3.63) is 47.6 Å². The van der Waals surface area contributed by atoms with Gasteiger partial charge in [0.15, 0.2) is 10.8 Å². The van der Waals surface area contributed by atoms with Crippen molar-refractivity contribution in [2.75, 3.05) is 0 Å². The van der Waals surface area contributed by atoms with Crippen LogP contribution in [0.1, 0.15) is 0 Å². The summed E-state index contributed by atoms with van der Waals surface area (Å²) in [4.78, 5) is 1.79. The molecule has 4 nitrogen and oxygen atoms in total. The van der Waals surface area contributed by atoms with Crippen molar-refractivity contribution in [3.8, 4) is 21.3 Å². The van der Waals surface area contributed by atoms with E-state index in [1.54, 1.807) is 28.0 Å². The topological polar surface area (TPSA) is 43.1 Å². The van der Waals surface area contributed by atoms with Gasteiger partial charge in [0.2, 0.25) is 4.96 Å². The molecule has 3 aromatic heterocycles. The molecule has 7 heteroatoms. The minimum Gasteiger partial charge on any atom is -0.207 e. The molecule has 0 radical (unpaired) electrons. The van der Waals surface area contributed by atoms with E-state index in [2.05, 4.69) is 15.3 Å². The monoisotopic (exact) mass is 302 g/mol. The van der Waals surface area contributed by atoms with Crippen molar-refractivity contribution >= 4 is 27.6 Å². The highest BCUT2D eigenvalue weighted by Gasteiger charge is 2.15. The van der Waals surface area contributed by atoms with Crippen LogP contribution in [0.5, 0.6) is 0 Å². The first-order valence-electron chi connectivity index (χ1n) is 5.83.